The summed E-state index contributed by atoms with van der Waals surface area (Å²) in [6, 6.07) is 10.4. The summed E-state index contributed by atoms with van der Waals surface area (Å²) in [4.78, 5) is 0. The van der Waals surface area contributed by atoms with Gasteiger partial charge in [-0.2, -0.15) is 0 Å². The summed E-state index contributed by atoms with van der Waals surface area (Å²) in [5, 5.41) is 0. The lowest BCUT2D eigenvalue weighted by molar-refractivity contribution is -0.291. The molecule has 1 fully saturated rings. The Morgan fingerprint density at radius 1 is 1.06 bits per heavy atom. The number of hydrogen-bond donors (Lipinski definition) is 0. The monoisotopic (exact) mass is 234 g/mol. The van der Waals surface area contributed by atoms with E-state index in [1.54, 1.807) is 0 Å². The molecular formula is C15H22O2. The fourth-order valence-electron chi connectivity index (χ4n) is 2.01. The molecule has 1 aliphatic rings. The van der Waals surface area contributed by atoms with Gasteiger partial charge in [0.15, 0.2) is 5.79 Å². The molecule has 2 heteroatoms. The van der Waals surface area contributed by atoms with Gasteiger partial charge >= 0.3 is 0 Å². The third kappa shape index (κ3) is 3.08. The molecule has 0 saturated carbocycles. The Labute approximate surface area is 104 Å². The van der Waals surface area contributed by atoms with Crippen LogP contribution in [0.15, 0.2) is 30.3 Å². The lowest BCUT2D eigenvalue weighted by Gasteiger charge is -2.43. The summed E-state index contributed by atoms with van der Waals surface area (Å²) in [6.45, 7) is 8.01. The van der Waals surface area contributed by atoms with Crippen LogP contribution in [0.4, 0.5) is 0 Å². The van der Waals surface area contributed by atoms with Crippen LogP contribution in [0.2, 0.25) is 0 Å². The molecule has 1 heterocycles. The zero-order chi connectivity index (χ0) is 12.4. The van der Waals surface area contributed by atoms with Crippen LogP contribution in [-0.2, 0) is 15.9 Å². The lowest BCUT2D eigenvalue weighted by Crippen LogP contribution is -2.47. The summed E-state index contributed by atoms with van der Waals surface area (Å²) in [5.74, 6) is -0.462. The molecule has 1 aromatic carbocycles. The van der Waals surface area contributed by atoms with E-state index in [-0.39, 0.29) is 5.41 Å². The summed E-state index contributed by atoms with van der Waals surface area (Å²) in [7, 11) is 0. The molecule has 0 aromatic heterocycles. The number of rotatable bonds is 3. The second kappa shape index (κ2) is 4.79. The van der Waals surface area contributed by atoms with E-state index < -0.39 is 5.79 Å². The summed E-state index contributed by atoms with van der Waals surface area (Å²) in [5.41, 5.74) is 1.44. The summed E-state index contributed by atoms with van der Waals surface area (Å²) >= 11 is 0. The Morgan fingerprint density at radius 3 is 2.18 bits per heavy atom. The Kier molecular flexibility index (Phi) is 3.55. The molecule has 2 nitrogen and oxygen atoms in total. The molecule has 0 radical (unpaired) electrons. The van der Waals surface area contributed by atoms with Crippen molar-refractivity contribution >= 4 is 0 Å². The smallest absolute Gasteiger partial charge is 0.169 e. The van der Waals surface area contributed by atoms with Gasteiger partial charge in [0.2, 0.25) is 0 Å². The maximum absolute atomic E-state index is 5.95. The van der Waals surface area contributed by atoms with Crippen molar-refractivity contribution in [3.63, 3.8) is 0 Å². The van der Waals surface area contributed by atoms with Gasteiger partial charge in [0.1, 0.15) is 0 Å². The summed E-state index contributed by atoms with van der Waals surface area (Å²) < 4.78 is 11.9. The molecule has 0 N–H and O–H groups in total. The van der Waals surface area contributed by atoms with Crippen molar-refractivity contribution in [3.05, 3.63) is 35.9 Å². The third-order valence-corrected chi connectivity index (χ3v) is 3.67. The molecule has 0 unspecified atom stereocenters. The second-order valence-corrected chi connectivity index (χ2v) is 5.54. The molecule has 0 aliphatic carbocycles. The summed E-state index contributed by atoms with van der Waals surface area (Å²) in [6.07, 6.45) is 1.90. The predicted octanol–water partition coefficient (Wildman–Crippen LogP) is 3.41. The zero-order valence-electron chi connectivity index (χ0n) is 11.0. The van der Waals surface area contributed by atoms with Crippen molar-refractivity contribution in [3.8, 4) is 0 Å². The molecule has 1 saturated heterocycles. The highest BCUT2D eigenvalue weighted by Crippen LogP contribution is 2.33. The first-order chi connectivity index (χ1) is 8.05. The number of benzene rings is 1. The highest BCUT2D eigenvalue weighted by Gasteiger charge is 2.38. The van der Waals surface area contributed by atoms with Crippen LogP contribution in [0.1, 0.15) is 32.8 Å². The van der Waals surface area contributed by atoms with Crippen LogP contribution in [0.3, 0.4) is 0 Å². The van der Waals surface area contributed by atoms with Gasteiger partial charge in [-0.25, -0.2) is 0 Å². The van der Waals surface area contributed by atoms with Gasteiger partial charge in [-0.3, -0.25) is 0 Å². The largest absolute Gasteiger partial charge is 0.349 e. The molecule has 0 spiro atoms. The normalized spacial score (nSPS) is 33.6. The quantitative estimate of drug-likeness (QED) is 0.798. The van der Waals surface area contributed by atoms with Crippen LogP contribution in [0.5, 0.6) is 0 Å². The van der Waals surface area contributed by atoms with Crippen molar-refractivity contribution in [1.29, 1.82) is 0 Å². The van der Waals surface area contributed by atoms with Crippen LogP contribution < -0.4 is 0 Å². The lowest BCUT2D eigenvalue weighted by atomic mass is 9.88. The molecular weight excluding hydrogens is 212 g/mol. The molecule has 17 heavy (non-hydrogen) atoms. The van der Waals surface area contributed by atoms with Crippen LogP contribution >= 0.6 is 0 Å². The molecule has 1 aromatic rings. The zero-order valence-corrected chi connectivity index (χ0v) is 11.0. The van der Waals surface area contributed by atoms with Gasteiger partial charge in [-0.15, -0.1) is 0 Å². The molecule has 94 valence electrons. The van der Waals surface area contributed by atoms with E-state index in [0.717, 1.165) is 26.1 Å². The number of hydrogen-bond acceptors (Lipinski definition) is 2. The van der Waals surface area contributed by atoms with E-state index in [4.69, 9.17) is 9.47 Å². The van der Waals surface area contributed by atoms with Crippen molar-refractivity contribution in [1.82, 2.24) is 0 Å². The standard InChI is InChI=1S/C15H22O2/c1-4-14(2)11-16-15(3,17-12-14)10-13-8-6-5-7-9-13/h5-9H,4,10-12H2,1-3H3. The van der Waals surface area contributed by atoms with Gasteiger partial charge < -0.3 is 9.47 Å². The Bertz CT molecular complexity index is 350. The average molecular weight is 234 g/mol. The van der Waals surface area contributed by atoms with E-state index in [1.165, 1.54) is 5.56 Å². The van der Waals surface area contributed by atoms with Crippen molar-refractivity contribution in [2.75, 3.05) is 13.2 Å². The molecule has 0 bridgehead atoms. The molecule has 0 amide bonds. The fraction of sp³-hybridized carbons (Fsp3) is 0.600. The third-order valence-electron chi connectivity index (χ3n) is 3.67. The van der Waals surface area contributed by atoms with Crippen molar-refractivity contribution in [2.24, 2.45) is 5.41 Å². The maximum Gasteiger partial charge on any atom is 0.169 e. The van der Waals surface area contributed by atoms with Crippen LogP contribution in [0, 0.1) is 5.41 Å². The first-order valence-electron chi connectivity index (χ1n) is 6.37. The predicted molar refractivity (Wildman–Crippen MR) is 68.9 cm³/mol. The van der Waals surface area contributed by atoms with Gasteiger partial charge in [0.05, 0.1) is 13.2 Å². The van der Waals surface area contributed by atoms with Gasteiger partial charge in [-0.1, -0.05) is 44.2 Å². The van der Waals surface area contributed by atoms with Crippen molar-refractivity contribution in [2.45, 2.75) is 39.4 Å². The molecule has 2 rings (SSSR count). The molecule has 0 atom stereocenters. The topological polar surface area (TPSA) is 18.5 Å². The maximum atomic E-state index is 5.95. The first-order valence-corrected chi connectivity index (χ1v) is 6.37. The van der Waals surface area contributed by atoms with Gasteiger partial charge in [-0.05, 0) is 18.9 Å². The van der Waals surface area contributed by atoms with Crippen LogP contribution in [-0.4, -0.2) is 19.0 Å². The van der Waals surface area contributed by atoms with Gasteiger partial charge in [0, 0.05) is 11.8 Å². The molecule has 1 aliphatic heterocycles. The highest BCUT2D eigenvalue weighted by molar-refractivity contribution is 5.16. The Hall–Kier alpha value is -0.860. The Balaban J connectivity index is 1.98. The van der Waals surface area contributed by atoms with Crippen molar-refractivity contribution < 1.29 is 9.47 Å². The minimum absolute atomic E-state index is 0.177. The van der Waals surface area contributed by atoms with E-state index >= 15 is 0 Å². The first kappa shape index (κ1) is 12.6. The fourth-order valence-corrected chi connectivity index (χ4v) is 2.01. The Morgan fingerprint density at radius 2 is 1.65 bits per heavy atom. The van der Waals surface area contributed by atoms with E-state index in [1.807, 2.05) is 13.0 Å². The number of ether oxygens (including phenoxy) is 2. The van der Waals surface area contributed by atoms with E-state index in [2.05, 4.69) is 38.1 Å². The van der Waals surface area contributed by atoms with E-state index in [0.29, 0.717) is 0 Å². The minimum Gasteiger partial charge on any atom is -0.349 e. The van der Waals surface area contributed by atoms with Crippen LogP contribution in [0.25, 0.3) is 0 Å². The van der Waals surface area contributed by atoms with E-state index in [9.17, 15) is 0 Å². The minimum atomic E-state index is -0.462. The average Bonchev–Trinajstić information content (AvgIpc) is 2.35. The highest BCUT2D eigenvalue weighted by atomic mass is 16.7. The second-order valence-electron chi connectivity index (χ2n) is 5.54. The van der Waals surface area contributed by atoms with Gasteiger partial charge in [0.25, 0.3) is 0 Å². The SMILES string of the molecule is CCC1(C)COC(C)(Cc2ccccc2)OC1.